The molecule has 0 bridgehead atoms. The molecule has 0 saturated heterocycles. The van der Waals surface area contributed by atoms with Crippen LogP contribution in [0.5, 0.6) is 5.75 Å². The van der Waals surface area contributed by atoms with Gasteiger partial charge in [-0.15, -0.1) is 0 Å². The van der Waals surface area contributed by atoms with Crippen LogP contribution in [-0.2, 0) is 14.3 Å². The van der Waals surface area contributed by atoms with Gasteiger partial charge < -0.3 is 14.6 Å². The second-order valence-electron chi connectivity index (χ2n) is 3.46. The van der Waals surface area contributed by atoms with E-state index in [0.29, 0.717) is 11.3 Å². The van der Waals surface area contributed by atoms with Gasteiger partial charge in [0.2, 0.25) is 0 Å². The SMILES string of the molecule is CCOC(=O)COc1ccc(C=CC(=O)O)cc1Cl. The second-order valence-corrected chi connectivity index (χ2v) is 3.86. The number of hydrogen-bond acceptors (Lipinski definition) is 4. The topological polar surface area (TPSA) is 72.8 Å². The van der Waals surface area contributed by atoms with Crippen molar-refractivity contribution < 1.29 is 24.2 Å². The molecule has 1 rings (SSSR count). The molecule has 1 N–H and O–H groups in total. The lowest BCUT2D eigenvalue weighted by Crippen LogP contribution is -2.14. The molecule has 0 aromatic heterocycles. The number of ether oxygens (including phenoxy) is 2. The monoisotopic (exact) mass is 284 g/mol. The molecular weight excluding hydrogens is 272 g/mol. The molecule has 6 heteroatoms. The summed E-state index contributed by atoms with van der Waals surface area (Å²) in [6.45, 7) is 1.77. The maximum absolute atomic E-state index is 11.1. The van der Waals surface area contributed by atoms with E-state index in [0.717, 1.165) is 6.08 Å². The zero-order valence-corrected chi connectivity index (χ0v) is 11.0. The third-order valence-corrected chi connectivity index (χ3v) is 2.32. The van der Waals surface area contributed by atoms with Crippen LogP contribution in [0.25, 0.3) is 6.08 Å². The fraction of sp³-hybridized carbons (Fsp3) is 0.231. The number of carbonyl (C=O) groups excluding carboxylic acids is 1. The van der Waals surface area contributed by atoms with Crippen molar-refractivity contribution in [2.75, 3.05) is 13.2 Å². The minimum Gasteiger partial charge on any atom is -0.480 e. The third-order valence-electron chi connectivity index (χ3n) is 2.03. The number of carboxylic acids is 1. The molecule has 0 aliphatic heterocycles. The highest BCUT2D eigenvalue weighted by atomic mass is 35.5. The number of rotatable bonds is 6. The van der Waals surface area contributed by atoms with E-state index in [4.69, 9.17) is 26.2 Å². The predicted molar refractivity (Wildman–Crippen MR) is 70.2 cm³/mol. The standard InChI is InChI=1S/C13H13ClO5/c1-2-18-13(17)8-19-11-5-3-9(7-10(11)14)4-6-12(15)16/h3-7H,2,8H2,1H3,(H,15,16). The Balaban J connectivity index is 2.67. The van der Waals surface area contributed by atoms with Crippen molar-refractivity contribution in [1.29, 1.82) is 0 Å². The summed E-state index contributed by atoms with van der Waals surface area (Å²) in [5.41, 5.74) is 0.621. The first kappa shape index (κ1) is 15.0. The first-order valence-electron chi connectivity index (χ1n) is 5.52. The molecule has 0 unspecified atom stereocenters. The van der Waals surface area contributed by atoms with Crippen LogP contribution < -0.4 is 4.74 Å². The normalized spacial score (nSPS) is 10.4. The molecule has 102 valence electrons. The van der Waals surface area contributed by atoms with Gasteiger partial charge in [0.1, 0.15) is 5.75 Å². The molecule has 0 saturated carbocycles. The van der Waals surface area contributed by atoms with Gasteiger partial charge in [-0.1, -0.05) is 17.7 Å². The summed E-state index contributed by atoms with van der Waals surface area (Å²) in [5, 5.41) is 8.79. The Bertz CT molecular complexity index is 496. The van der Waals surface area contributed by atoms with Crippen molar-refractivity contribution in [2.45, 2.75) is 6.92 Å². The molecule has 1 aromatic rings. The van der Waals surface area contributed by atoms with Crippen molar-refractivity contribution in [1.82, 2.24) is 0 Å². The van der Waals surface area contributed by atoms with E-state index >= 15 is 0 Å². The molecule has 0 spiro atoms. The Labute approximate surface area is 115 Å². The summed E-state index contributed by atoms with van der Waals surface area (Å²) in [7, 11) is 0. The van der Waals surface area contributed by atoms with Crippen molar-refractivity contribution in [3.05, 3.63) is 34.9 Å². The Morgan fingerprint density at radius 2 is 2.16 bits per heavy atom. The Morgan fingerprint density at radius 1 is 1.42 bits per heavy atom. The smallest absolute Gasteiger partial charge is 0.344 e. The van der Waals surface area contributed by atoms with Gasteiger partial charge in [0.15, 0.2) is 6.61 Å². The van der Waals surface area contributed by atoms with E-state index < -0.39 is 11.9 Å². The van der Waals surface area contributed by atoms with Crippen molar-refractivity contribution in [2.24, 2.45) is 0 Å². The fourth-order valence-corrected chi connectivity index (χ4v) is 1.49. The lowest BCUT2D eigenvalue weighted by atomic mass is 10.2. The molecule has 0 atom stereocenters. The first-order valence-corrected chi connectivity index (χ1v) is 5.89. The maximum Gasteiger partial charge on any atom is 0.344 e. The van der Waals surface area contributed by atoms with E-state index in [1.165, 1.54) is 6.08 Å². The van der Waals surface area contributed by atoms with Crippen LogP contribution in [0.1, 0.15) is 12.5 Å². The molecule has 0 heterocycles. The minimum atomic E-state index is -1.04. The zero-order valence-electron chi connectivity index (χ0n) is 10.3. The Kier molecular flexibility index (Phi) is 5.89. The average Bonchev–Trinajstić information content (AvgIpc) is 2.35. The van der Waals surface area contributed by atoms with E-state index in [1.807, 2.05) is 0 Å². The van der Waals surface area contributed by atoms with Crippen molar-refractivity contribution in [3.63, 3.8) is 0 Å². The molecule has 0 amide bonds. The van der Waals surface area contributed by atoms with Gasteiger partial charge >= 0.3 is 11.9 Å². The average molecular weight is 285 g/mol. The number of halogens is 1. The van der Waals surface area contributed by atoms with E-state index in [-0.39, 0.29) is 18.2 Å². The lowest BCUT2D eigenvalue weighted by Gasteiger charge is -2.07. The van der Waals surface area contributed by atoms with Crippen LogP contribution in [0.2, 0.25) is 5.02 Å². The highest BCUT2D eigenvalue weighted by Gasteiger charge is 2.06. The van der Waals surface area contributed by atoms with Gasteiger partial charge in [0.05, 0.1) is 11.6 Å². The molecular formula is C13H13ClO5. The number of benzene rings is 1. The maximum atomic E-state index is 11.1. The van der Waals surface area contributed by atoms with Crippen molar-refractivity contribution >= 4 is 29.6 Å². The van der Waals surface area contributed by atoms with Crippen molar-refractivity contribution in [3.8, 4) is 5.75 Å². The van der Waals surface area contributed by atoms with Gasteiger partial charge in [-0.25, -0.2) is 9.59 Å². The van der Waals surface area contributed by atoms with Crippen LogP contribution >= 0.6 is 11.6 Å². The predicted octanol–water partition coefficient (Wildman–Crippen LogP) is 2.38. The van der Waals surface area contributed by atoms with Crippen LogP contribution in [0, 0.1) is 0 Å². The number of esters is 1. The Morgan fingerprint density at radius 3 is 2.74 bits per heavy atom. The van der Waals surface area contributed by atoms with E-state index in [1.54, 1.807) is 25.1 Å². The van der Waals surface area contributed by atoms with Gasteiger partial charge in [0, 0.05) is 6.08 Å². The lowest BCUT2D eigenvalue weighted by molar-refractivity contribution is -0.145. The van der Waals surface area contributed by atoms with E-state index in [2.05, 4.69) is 0 Å². The second kappa shape index (κ2) is 7.43. The van der Waals surface area contributed by atoms with Crippen LogP contribution in [-0.4, -0.2) is 30.3 Å². The van der Waals surface area contributed by atoms with Gasteiger partial charge in [-0.2, -0.15) is 0 Å². The molecule has 0 aliphatic carbocycles. The number of carbonyl (C=O) groups is 2. The highest BCUT2D eigenvalue weighted by Crippen LogP contribution is 2.25. The first-order chi connectivity index (χ1) is 9.02. The quantitative estimate of drug-likeness (QED) is 0.641. The molecule has 19 heavy (non-hydrogen) atoms. The van der Waals surface area contributed by atoms with Gasteiger partial charge in [-0.05, 0) is 30.7 Å². The highest BCUT2D eigenvalue weighted by molar-refractivity contribution is 6.32. The molecule has 0 radical (unpaired) electrons. The Hall–Kier alpha value is -2.01. The van der Waals surface area contributed by atoms with Crippen LogP contribution in [0.15, 0.2) is 24.3 Å². The van der Waals surface area contributed by atoms with Crippen LogP contribution in [0.3, 0.4) is 0 Å². The zero-order chi connectivity index (χ0) is 14.3. The van der Waals surface area contributed by atoms with E-state index in [9.17, 15) is 9.59 Å². The largest absolute Gasteiger partial charge is 0.480 e. The summed E-state index contributed by atoms with van der Waals surface area (Å²) >= 11 is 5.95. The van der Waals surface area contributed by atoms with Crippen LogP contribution in [0.4, 0.5) is 0 Å². The summed E-state index contributed by atoms with van der Waals surface area (Å²) in [6, 6.07) is 4.73. The third kappa shape index (κ3) is 5.44. The molecule has 5 nitrogen and oxygen atoms in total. The fourth-order valence-electron chi connectivity index (χ4n) is 1.24. The summed E-state index contributed by atoms with van der Waals surface area (Å²) in [4.78, 5) is 21.5. The number of carboxylic acid groups (broad SMARTS) is 1. The number of hydrogen-bond donors (Lipinski definition) is 1. The number of aliphatic carboxylic acids is 1. The molecule has 1 aromatic carbocycles. The van der Waals surface area contributed by atoms with Gasteiger partial charge in [0.25, 0.3) is 0 Å². The summed E-state index contributed by atoms with van der Waals surface area (Å²) in [5.74, 6) is -1.19. The molecule has 0 fully saturated rings. The molecule has 0 aliphatic rings. The minimum absolute atomic E-state index is 0.224. The summed E-state index contributed by atoms with van der Waals surface area (Å²) in [6.07, 6.45) is 2.41. The van der Waals surface area contributed by atoms with Gasteiger partial charge in [-0.3, -0.25) is 0 Å². The summed E-state index contributed by atoms with van der Waals surface area (Å²) < 4.78 is 9.89.